The predicted molar refractivity (Wildman–Crippen MR) is 215 cm³/mol. The fraction of sp³-hybridized carbons (Fsp3) is 0.0909. The number of nitrogens with one attached hydrogen (secondary N) is 2. The zero-order valence-electron chi connectivity index (χ0n) is 30.2. The van der Waals surface area contributed by atoms with Crippen LogP contribution in [0.4, 0.5) is 0 Å². The van der Waals surface area contributed by atoms with Gasteiger partial charge in [-0.25, -0.2) is 9.97 Å². The Balaban J connectivity index is 0.000000176. The second-order valence-corrected chi connectivity index (χ2v) is 12.0. The molecule has 7 aromatic heterocycles. The van der Waals surface area contributed by atoms with Gasteiger partial charge in [-0.15, -0.1) is 0 Å². The zero-order chi connectivity index (χ0) is 36.4. The van der Waals surface area contributed by atoms with E-state index in [1.54, 1.807) is 49.6 Å². The predicted octanol–water partition coefficient (Wildman–Crippen LogP) is 10.2. The van der Waals surface area contributed by atoms with Crippen LogP contribution in [-0.4, -0.2) is 39.9 Å². The molecule has 9 heteroatoms. The van der Waals surface area contributed by atoms with Gasteiger partial charge in [0.25, 0.3) is 0 Å². The quantitative estimate of drug-likeness (QED) is 0.150. The van der Waals surface area contributed by atoms with E-state index in [-0.39, 0.29) is 17.1 Å². The van der Waals surface area contributed by atoms with E-state index in [4.69, 9.17) is 0 Å². The second-order valence-electron chi connectivity index (χ2n) is 12.0. The molecule has 2 N–H and O–H groups in total. The van der Waals surface area contributed by atoms with Crippen molar-refractivity contribution in [1.82, 2.24) is 39.9 Å². The fourth-order valence-electron chi connectivity index (χ4n) is 4.65. The largest absolute Gasteiger partial charge is 2.00 e. The van der Waals surface area contributed by atoms with Crippen molar-refractivity contribution in [3.8, 4) is 0 Å². The molecule has 0 amide bonds. The monoisotopic (exact) mass is 737 g/mol. The molecule has 0 saturated heterocycles. The first-order valence-electron chi connectivity index (χ1n) is 16.9. The minimum atomic E-state index is 0. The van der Waals surface area contributed by atoms with Crippen molar-refractivity contribution >= 4 is 46.4 Å². The normalized spacial score (nSPS) is 10.3. The number of pyridine rings is 4. The van der Waals surface area contributed by atoms with Gasteiger partial charge in [0.05, 0.1) is 22.8 Å². The molecule has 8 nitrogen and oxygen atoms in total. The van der Waals surface area contributed by atoms with Crippen molar-refractivity contribution in [2.24, 2.45) is 0 Å². The molecule has 2 aliphatic heterocycles. The molecule has 9 rings (SSSR count). The van der Waals surface area contributed by atoms with E-state index in [0.717, 1.165) is 44.8 Å². The van der Waals surface area contributed by atoms with E-state index in [2.05, 4.69) is 64.1 Å². The Kier molecular flexibility index (Phi) is 15.8. The molecule has 0 unspecified atom stereocenters. The first kappa shape index (κ1) is 39.5. The molecular formula is C44H42MnN8+2. The topological polar surface area (TPSA) is 109 Å². The number of rotatable bonds is 0. The Morgan fingerprint density at radius 3 is 0.698 bits per heavy atom. The Labute approximate surface area is 321 Å². The van der Waals surface area contributed by atoms with Crippen molar-refractivity contribution in [3.05, 3.63) is 192 Å². The smallest absolute Gasteiger partial charge is 0.355 e. The maximum atomic E-state index is 4.63. The third-order valence-electron chi connectivity index (χ3n) is 7.43. The molecule has 263 valence electrons. The van der Waals surface area contributed by atoms with E-state index in [0.29, 0.717) is 0 Å². The van der Waals surface area contributed by atoms with Gasteiger partial charge in [-0.3, -0.25) is 19.9 Å². The minimum Gasteiger partial charge on any atom is -0.355 e. The van der Waals surface area contributed by atoms with Gasteiger partial charge >= 0.3 is 17.1 Å². The zero-order valence-corrected chi connectivity index (χ0v) is 31.4. The van der Waals surface area contributed by atoms with E-state index < -0.39 is 0 Å². The van der Waals surface area contributed by atoms with Gasteiger partial charge in [-0.2, -0.15) is 0 Å². The van der Waals surface area contributed by atoms with Crippen molar-refractivity contribution < 1.29 is 17.1 Å². The molecular weight excluding hydrogens is 695 g/mol. The van der Waals surface area contributed by atoms with Gasteiger partial charge in [0, 0.05) is 71.6 Å². The summed E-state index contributed by atoms with van der Waals surface area (Å²) in [4.78, 5) is 31.4. The number of hydrogen-bond donors (Lipinski definition) is 2. The summed E-state index contributed by atoms with van der Waals surface area (Å²) in [5.74, 6) is 0. The van der Waals surface area contributed by atoms with Crippen LogP contribution in [0.5, 0.6) is 0 Å². The van der Waals surface area contributed by atoms with Gasteiger partial charge in [0.15, 0.2) is 0 Å². The van der Waals surface area contributed by atoms with Crippen LogP contribution in [0.2, 0.25) is 0 Å². The number of aryl methyl sites for hydroxylation is 4. The average molecular weight is 738 g/mol. The molecule has 0 atom stereocenters. The third kappa shape index (κ3) is 14.5. The Hall–Kier alpha value is -6.28. The van der Waals surface area contributed by atoms with Crippen molar-refractivity contribution in [2.75, 3.05) is 0 Å². The summed E-state index contributed by atoms with van der Waals surface area (Å²) in [7, 11) is 0. The fourth-order valence-corrected chi connectivity index (χ4v) is 4.65. The summed E-state index contributed by atoms with van der Waals surface area (Å²) in [6.45, 7) is 8.17. The van der Waals surface area contributed by atoms with Gasteiger partial charge < -0.3 is 9.97 Å². The summed E-state index contributed by atoms with van der Waals surface area (Å²) in [6.07, 6.45) is 22.4. The standard InChI is InChI=1S/C20H14N4.4C6H7N.Mn/c1-2-14-10-16-5-6-18(23-16)12-20-8-7-19(24-20)11-17-4-3-15(22-17)9-13(1)21-14;4*1-6-2-4-7-5-3-6;/h1-12,21,24H;4*2-5H,1H3;/q;;;;;+2. The van der Waals surface area contributed by atoms with E-state index in [9.17, 15) is 0 Å². The van der Waals surface area contributed by atoms with E-state index in [1.165, 1.54) is 22.3 Å². The average Bonchev–Trinajstić information content (AvgIpc) is 3.98. The summed E-state index contributed by atoms with van der Waals surface area (Å²) < 4.78 is 0. The molecule has 1 radical (unpaired) electrons. The van der Waals surface area contributed by atoms with Gasteiger partial charge in [0.2, 0.25) is 0 Å². The molecule has 0 aliphatic carbocycles. The number of hydrogen-bond acceptors (Lipinski definition) is 6. The summed E-state index contributed by atoms with van der Waals surface area (Å²) >= 11 is 0. The maximum Gasteiger partial charge on any atom is 2.00 e. The van der Waals surface area contributed by atoms with Crippen molar-refractivity contribution in [3.63, 3.8) is 0 Å². The summed E-state index contributed by atoms with van der Waals surface area (Å²) in [6, 6.07) is 32.1. The Morgan fingerprint density at radius 2 is 0.528 bits per heavy atom. The van der Waals surface area contributed by atoms with E-state index >= 15 is 0 Å². The SMILES string of the molecule is C1=Cc2cc3ccc(cc4nc(cc5ccc(cc1n2)[nH]5)C=C4)[nH]3.Cc1ccncc1.Cc1ccncc1.Cc1ccncc1.Cc1ccncc1.[Mn+2]. The second kappa shape index (κ2) is 21.2. The third-order valence-corrected chi connectivity index (χ3v) is 7.43. The van der Waals surface area contributed by atoms with Crippen LogP contribution in [0, 0.1) is 27.7 Å². The number of H-pyrrole nitrogens is 2. The summed E-state index contributed by atoms with van der Waals surface area (Å²) in [5.41, 5.74) is 12.9. The number of aromatic amines is 2. The maximum absolute atomic E-state index is 4.63. The van der Waals surface area contributed by atoms with Crippen LogP contribution >= 0.6 is 0 Å². The Bertz CT molecular complexity index is 2010. The van der Waals surface area contributed by atoms with Crippen LogP contribution < -0.4 is 0 Å². The Morgan fingerprint density at radius 1 is 0.321 bits per heavy atom. The van der Waals surface area contributed by atoms with Gasteiger partial charge in [0.1, 0.15) is 0 Å². The molecule has 0 spiro atoms. The van der Waals surface area contributed by atoms with Crippen LogP contribution in [0.15, 0.2) is 147 Å². The first-order valence-corrected chi connectivity index (χ1v) is 16.9. The number of aromatic nitrogens is 8. The van der Waals surface area contributed by atoms with Crippen LogP contribution in [0.25, 0.3) is 46.4 Å². The van der Waals surface area contributed by atoms with Gasteiger partial charge in [-0.05, 0) is 171 Å². The molecule has 53 heavy (non-hydrogen) atoms. The minimum absolute atomic E-state index is 0. The molecule has 0 fully saturated rings. The molecule has 8 bridgehead atoms. The van der Waals surface area contributed by atoms with Crippen LogP contribution in [-0.2, 0) is 17.1 Å². The van der Waals surface area contributed by atoms with Crippen LogP contribution in [0.1, 0.15) is 45.0 Å². The summed E-state index contributed by atoms with van der Waals surface area (Å²) in [5, 5.41) is 0. The van der Waals surface area contributed by atoms with Crippen LogP contribution in [0.3, 0.4) is 0 Å². The number of nitrogens with zero attached hydrogens (tertiary/aromatic N) is 6. The molecule has 0 aromatic carbocycles. The molecule has 7 aromatic rings. The number of fused-ring (bicyclic) bond motifs is 8. The molecule has 9 heterocycles. The molecule has 0 saturated carbocycles. The van der Waals surface area contributed by atoms with Crippen molar-refractivity contribution in [1.29, 1.82) is 0 Å². The van der Waals surface area contributed by atoms with Crippen molar-refractivity contribution in [2.45, 2.75) is 27.7 Å². The first-order chi connectivity index (χ1) is 25.4. The molecule has 2 aliphatic rings. The van der Waals surface area contributed by atoms with E-state index in [1.807, 2.05) is 125 Å². The van der Waals surface area contributed by atoms with Gasteiger partial charge in [-0.1, -0.05) is 0 Å².